The van der Waals surface area contributed by atoms with Crippen molar-refractivity contribution in [3.05, 3.63) is 70.8 Å². The van der Waals surface area contributed by atoms with Crippen molar-refractivity contribution in [2.24, 2.45) is 5.92 Å². The van der Waals surface area contributed by atoms with Crippen molar-refractivity contribution in [3.63, 3.8) is 0 Å². The molecule has 0 saturated carbocycles. The minimum Gasteiger partial charge on any atom is -0.350 e. The van der Waals surface area contributed by atoms with Crippen LogP contribution < -0.4 is 10.8 Å². The lowest BCUT2D eigenvalue weighted by molar-refractivity contribution is -0.122. The van der Waals surface area contributed by atoms with Crippen LogP contribution in [0.5, 0.6) is 0 Å². The van der Waals surface area contributed by atoms with E-state index in [1.54, 1.807) is 29.7 Å². The Morgan fingerprint density at radius 3 is 2.24 bits per heavy atom. The van der Waals surface area contributed by atoms with Gasteiger partial charge in [-0.05, 0) is 54.5 Å². The van der Waals surface area contributed by atoms with Crippen LogP contribution >= 0.6 is 0 Å². The number of amides is 2. The molecule has 2 aromatic rings. The van der Waals surface area contributed by atoms with Crippen molar-refractivity contribution in [2.45, 2.75) is 32.2 Å². The van der Waals surface area contributed by atoms with Gasteiger partial charge in [-0.1, -0.05) is 36.4 Å². The Bertz CT molecular complexity index is 746. The van der Waals surface area contributed by atoms with Crippen molar-refractivity contribution in [1.29, 1.82) is 0 Å². The molecule has 2 amide bonds. The van der Waals surface area contributed by atoms with Crippen molar-refractivity contribution in [3.8, 4) is 0 Å². The maximum Gasteiger partial charge on any atom is 0.274 e. The number of fused-ring (bicyclic) bond motifs is 1. The minimum absolute atomic E-state index is 0.0440. The third-order valence-corrected chi connectivity index (χ3v) is 4.76. The SMILES string of the molecule is CC(NC(=O)CC1Cc2ccccc2C1)c1ccc(C(=O)NO)cc1. The normalized spacial score (nSPS) is 14.6. The average molecular weight is 338 g/mol. The summed E-state index contributed by atoms with van der Waals surface area (Å²) in [5, 5.41) is 11.7. The molecule has 1 unspecified atom stereocenters. The van der Waals surface area contributed by atoms with E-state index >= 15 is 0 Å². The highest BCUT2D eigenvalue weighted by Crippen LogP contribution is 2.28. The Morgan fingerprint density at radius 2 is 1.68 bits per heavy atom. The van der Waals surface area contributed by atoms with Gasteiger partial charge in [-0.25, -0.2) is 5.48 Å². The highest BCUT2D eigenvalue weighted by atomic mass is 16.5. The van der Waals surface area contributed by atoms with Gasteiger partial charge in [0.25, 0.3) is 5.91 Å². The van der Waals surface area contributed by atoms with Crippen molar-refractivity contribution >= 4 is 11.8 Å². The maximum absolute atomic E-state index is 12.3. The fourth-order valence-corrected chi connectivity index (χ4v) is 3.43. The first-order valence-corrected chi connectivity index (χ1v) is 8.47. The van der Waals surface area contributed by atoms with Crippen molar-refractivity contribution in [1.82, 2.24) is 10.8 Å². The minimum atomic E-state index is -0.552. The number of hydroxylamine groups is 1. The van der Waals surface area contributed by atoms with Crippen molar-refractivity contribution < 1.29 is 14.8 Å². The van der Waals surface area contributed by atoms with E-state index in [1.807, 2.05) is 19.1 Å². The average Bonchev–Trinajstić information content (AvgIpc) is 3.03. The fourth-order valence-electron chi connectivity index (χ4n) is 3.43. The maximum atomic E-state index is 12.3. The van der Waals surface area contributed by atoms with Gasteiger partial charge in [0.1, 0.15) is 0 Å². The molecule has 1 atom stereocenters. The quantitative estimate of drug-likeness (QED) is 0.579. The zero-order valence-corrected chi connectivity index (χ0v) is 14.2. The van der Waals surface area contributed by atoms with E-state index < -0.39 is 5.91 Å². The summed E-state index contributed by atoms with van der Waals surface area (Å²) in [4.78, 5) is 23.7. The summed E-state index contributed by atoms with van der Waals surface area (Å²) in [5.41, 5.74) is 5.59. The second-order valence-corrected chi connectivity index (χ2v) is 6.60. The van der Waals surface area contributed by atoms with Crippen LogP contribution in [0.2, 0.25) is 0 Å². The van der Waals surface area contributed by atoms with Gasteiger partial charge < -0.3 is 5.32 Å². The van der Waals surface area contributed by atoms with E-state index in [4.69, 9.17) is 5.21 Å². The monoisotopic (exact) mass is 338 g/mol. The van der Waals surface area contributed by atoms with Gasteiger partial charge in [0.15, 0.2) is 0 Å². The van der Waals surface area contributed by atoms with E-state index in [0.29, 0.717) is 17.9 Å². The topological polar surface area (TPSA) is 78.4 Å². The zero-order valence-electron chi connectivity index (χ0n) is 14.2. The summed E-state index contributed by atoms with van der Waals surface area (Å²) in [5.74, 6) is -0.147. The van der Waals surface area contributed by atoms with Crippen LogP contribution in [0.15, 0.2) is 48.5 Å². The molecule has 1 aliphatic rings. The molecule has 25 heavy (non-hydrogen) atoms. The largest absolute Gasteiger partial charge is 0.350 e. The molecule has 5 nitrogen and oxygen atoms in total. The molecule has 1 aliphatic carbocycles. The highest BCUT2D eigenvalue weighted by Gasteiger charge is 2.23. The third-order valence-electron chi connectivity index (χ3n) is 4.76. The number of carbonyl (C=O) groups excluding carboxylic acids is 2. The summed E-state index contributed by atoms with van der Waals surface area (Å²) in [6.07, 6.45) is 2.44. The van der Waals surface area contributed by atoms with Gasteiger partial charge in [-0.2, -0.15) is 0 Å². The van der Waals surface area contributed by atoms with Crippen LogP contribution in [0.25, 0.3) is 0 Å². The van der Waals surface area contributed by atoms with Gasteiger partial charge in [-0.3, -0.25) is 14.8 Å². The standard InChI is InChI=1S/C20H22N2O3/c1-13(15-6-8-16(9-7-15)20(24)22-25)21-19(23)12-14-10-17-4-2-3-5-18(17)11-14/h2-9,13-14,25H,10-12H2,1H3,(H,21,23)(H,22,24). The predicted octanol–water partition coefficient (Wildman–Crippen LogP) is 2.79. The summed E-state index contributed by atoms with van der Waals surface area (Å²) < 4.78 is 0. The predicted molar refractivity (Wildman–Crippen MR) is 94.2 cm³/mol. The van der Waals surface area contributed by atoms with Gasteiger partial charge >= 0.3 is 0 Å². The first kappa shape index (κ1) is 17.2. The third kappa shape index (κ3) is 4.06. The molecule has 5 heteroatoms. The Balaban J connectivity index is 1.54. The number of carbonyl (C=O) groups is 2. The number of rotatable bonds is 5. The Morgan fingerprint density at radius 1 is 1.08 bits per heavy atom. The number of nitrogens with one attached hydrogen (secondary N) is 2. The van der Waals surface area contributed by atoms with Crippen LogP contribution in [0.1, 0.15) is 46.4 Å². The first-order valence-electron chi connectivity index (χ1n) is 8.47. The first-order chi connectivity index (χ1) is 12.1. The molecule has 0 aromatic heterocycles. The van der Waals surface area contributed by atoms with Crippen LogP contribution in [0.4, 0.5) is 0 Å². The van der Waals surface area contributed by atoms with Gasteiger partial charge in [0, 0.05) is 12.0 Å². The van der Waals surface area contributed by atoms with Gasteiger partial charge in [0.05, 0.1) is 6.04 Å². The Labute approximate surface area is 147 Å². The molecule has 0 aliphatic heterocycles. The highest BCUT2D eigenvalue weighted by molar-refractivity contribution is 5.93. The van der Waals surface area contributed by atoms with Crippen LogP contribution in [0.3, 0.4) is 0 Å². The summed E-state index contributed by atoms with van der Waals surface area (Å²) in [7, 11) is 0. The van der Waals surface area contributed by atoms with E-state index in [-0.39, 0.29) is 11.9 Å². The van der Waals surface area contributed by atoms with Crippen LogP contribution in [-0.4, -0.2) is 17.0 Å². The fraction of sp³-hybridized carbons (Fsp3) is 0.300. The Hall–Kier alpha value is -2.66. The van der Waals surface area contributed by atoms with E-state index in [9.17, 15) is 9.59 Å². The molecule has 3 rings (SSSR count). The van der Waals surface area contributed by atoms with E-state index in [2.05, 4.69) is 17.4 Å². The van der Waals surface area contributed by atoms with E-state index in [0.717, 1.165) is 18.4 Å². The molecular formula is C20H22N2O3. The van der Waals surface area contributed by atoms with Gasteiger partial charge in [-0.15, -0.1) is 0 Å². The molecule has 2 aromatic carbocycles. The molecule has 3 N–H and O–H groups in total. The molecule has 0 heterocycles. The zero-order chi connectivity index (χ0) is 17.8. The lowest BCUT2D eigenvalue weighted by atomic mass is 10.0. The number of benzene rings is 2. The second-order valence-electron chi connectivity index (χ2n) is 6.60. The summed E-state index contributed by atoms with van der Waals surface area (Å²) in [6, 6.07) is 15.0. The molecule has 0 saturated heterocycles. The number of hydrogen-bond donors (Lipinski definition) is 3. The lowest BCUT2D eigenvalue weighted by Gasteiger charge is -2.16. The lowest BCUT2D eigenvalue weighted by Crippen LogP contribution is -2.28. The molecular weight excluding hydrogens is 316 g/mol. The van der Waals surface area contributed by atoms with Crippen LogP contribution in [-0.2, 0) is 17.6 Å². The molecule has 0 spiro atoms. The molecule has 130 valence electrons. The van der Waals surface area contributed by atoms with E-state index in [1.165, 1.54) is 11.1 Å². The van der Waals surface area contributed by atoms with Crippen LogP contribution in [0, 0.1) is 5.92 Å². The molecule has 0 fully saturated rings. The summed E-state index contributed by atoms with van der Waals surface area (Å²) >= 11 is 0. The van der Waals surface area contributed by atoms with Gasteiger partial charge in [0.2, 0.25) is 5.91 Å². The molecule has 0 radical (unpaired) electrons. The van der Waals surface area contributed by atoms with Crippen molar-refractivity contribution in [2.75, 3.05) is 0 Å². The smallest absolute Gasteiger partial charge is 0.274 e. The Kier molecular flexibility index (Phi) is 5.14. The summed E-state index contributed by atoms with van der Waals surface area (Å²) in [6.45, 7) is 1.92. The number of hydrogen-bond acceptors (Lipinski definition) is 3. The molecule has 0 bridgehead atoms. The second kappa shape index (κ2) is 7.49.